The molecule has 0 atom stereocenters. The first-order valence-corrected chi connectivity index (χ1v) is 8.25. The van der Waals surface area contributed by atoms with Gasteiger partial charge < -0.3 is 19.5 Å². The molecule has 0 aromatic heterocycles. The third-order valence-corrected chi connectivity index (χ3v) is 3.67. The summed E-state index contributed by atoms with van der Waals surface area (Å²) >= 11 is 0. The van der Waals surface area contributed by atoms with Gasteiger partial charge in [0.15, 0.2) is 0 Å². The molecule has 0 aliphatic carbocycles. The molecule has 0 spiro atoms. The second-order valence-corrected chi connectivity index (χ2v) is 6.09. The molecule has 0 saturated heterocycles. The summed E-state index contributed by atoms with van der Waals surface area (Å²) in [7, 11) is 3.22. The van der Waals surface area contributed by atoms with Gasteiger partial charge in [-0.05, 0) is 48.4 Å². The highest BCUT2D eigenvalue weighted by Gasteiger charge is 2.11. The van der Waals surface area contributed by atoms with Gasteiger partial charge >= 0.3 is 0 Å². The number of hydrogen-bond donors (Lipinski definition) is 1. The van der Waals surface area contributed by atoms with Crippen molar-refractivity contribution in [2.75, 3.05) is 20.8 Å². The fourth-order valence-corrected chi connectivity index (χ4v) is 2.26. The normalized spacial score (nSPS) is 10.4. The van der Waals surface area contributed by atoms with E-state index < -0.39 is 0 Å². The fourth-order valence-electron chi connectivity index (χ4n) is 2.26. The molecule has 0 unspecified atom stereocenters. The van der Waals surface area contributed by atoms with Crippen LogP contribution in [-0.4, -0.2) is 26.7 Å². The lowest BCUT2D eigenvalue weighted by Crippen LogP contribution is -2.27. The lowest BCUT2D eigenvalue weighted by Gasteiger charge is -2.13. The Bertz CT molecular complexity index is 695. The van der Waals surface area contributed by atoms with E-state index in [0.29, 0.717) is 30.4 Å². The Hall–Kier alpha value is -2.69. The highest BCUT2D eigenvalue weighted by Crippen LogP contribution is 2.23. The summed E-state index contributed by atoms with van der Waals surface area (Å²) in [5.74, 6) is 2.49. The zero-order chi connectivity index (χ0) is 18.2. The van der Waals surface area contributed by atoms with E-state index in [-0.39, 0.29) is 5.91 Å². The van der Waals surface area contributed by atoms with Gasteiger partial charge in [-0.2, -0.15) is 0 Å². The lowest BCUT2D eigenvalue weighted by atomic mass is 10.1. The number of carbonyl (C=O) groups excluding carboxylic acids is 1. The summed E-state index contributed by atoms with van der Waals surface area (Å²) in [5, 5.41) is 2.92. The van der Waals surface area contributed by atoms with E-state index in [1.807, 2.05) is 24.3 Å². The third kappa shape index (κ3) is 5.41. The highest BCUT2D eigenvalue weighted by atomic mass is 16.5. The number of nitrogens with one attached hydrogen (secondary N) is 1. The van der Waals surface area contributed by atoms with Crippen molar-refractivity contribution in [3.05, 3.63) is 53.6 Å². The minimum atomic E-state index is -0.0953. The Kier molecular flexibility index (Phi) is 6.69. The minimum Gasteiger partial charge on any atom is -0.497 e. The van der Waals surface area contributed by atoms with Crippen LogP contribution in [0.5, 0.6) is 17.2 Å². The van der Waals surface area contributed by atoms with E-state index in [0.717, 1.165) is 17.1 Å². The van der Waals surface area contributed by atoms with Crippen LogP contribution >= 0.6 is 0 Å². The third-order valence-electron chi connectivity index (χ3n) is 3.67. The van der Waals surface area contributed by atoms with Crippen molar-refractivity contribution in [1.29, 1.82) is 0 Å². The molecular formula is C20H25NO4. The second-order valence-electron chi connectivity index (χ2n) is 6.09. The summed E-state index contributed by atoms with van der Waals surface area (Å²) < 4.78 is 16.3. The second kappa shape index (κ2) is 8.97. The van der Waals surface area contributed by atoms with Crippen molar-refractivity contribution >= 4 is 5.91 Å². The largest absolute Gasteiger partial charge is 0.497 e. The quantitative estimate of drug-likeness (QED) is 0.794. The average Bonchev–Trinajstić information content (AvgIpc) is 2.64. The van der Waals surface area contributed by atoms with E-state index in [1.165, 1.54) is 0 Å². The summed E-state index contributed by atoms with van der Waals surface area (Å²) in [5.41, 5.74) is 1.41. The molecule has 0 aliphatic heterocycles. The predicted molar refractivity (Wildman–Crippen MR) is 97.5 cm³/mol. The molecule has 2 aromatic rings. The van der Waals surface area contributed by atoms with E-state index in [4.69, 9.17) is 14.2 Å². The van der Waals surface area contributed by atoms with Gasteiger partial charge in [-0.1, -0.05) is 13.8 Å². The van der Waals surface area contributed by atoms with Crippen LogP contribution < -0.4 is 19.5 Å². The van der Waals surface area contributed by atoms with Crippen LogP contribution in [0.25, 0.3) is 0 Å². The molecular weight excluding hydrogens is 318 g/mol. The summed E-state index contributed by atoms with van der Waals surface area (Å²) in [6.07, 6.45) is 0. The number of carbonyl (C=O) groups is 1. The Balaban J connectivity index is 2.09. The predicted octanol–water partition coefficient (Wildman–Crippen LogP) is 3.67. The zero-order valence-corrected chi connectivity index (χ0v) is 15.2. The maximum absolute atomic E-state index is 12.2. The molecule has 0 saturated carbocycles. The van der Waals surface area contributed by atoms with Gasteiger partial charge in [-0.15, -0.1) is 0 Å². The molecule has 0 aliphatic rings. The number of benzene rings is 2. The monoisotopic (exact) mass is 343 g/mol. The van der Waals surface area contributed by atoms with Crippen LogP contribution in [0.4, 0.5) is 0 Å². The van der Waals surface area contributed by atoms with Crippen molar-refractivity contribution in [3.63, 3.8) is 0 Å². The number of hydrogen-bond acceptors (Lipinski definition) is 4. The van der Waals surface area contributed by atoms with Crippen LogP contribution in [0.3, 0.4) is 0 Å². The van der Waals surface area contributed by atoms with Gasteiger partial charge in [0.05, 0.1) is 14.2 Å². The van der Waals surface area contributed by atoms with Gasteiger partial charge in [-0.25, -0.2) is 0 Å². The van der Waals surface area contributed by atoms with Gasteiger partial charge in [0.1, 0.15) is 23.9 Å². The molecule has 0 bridgehead atoms. The van der Waals surface area contributed by atoms with Crippen LogP contribution in [0, 0.1) is 5.92 Å². The molecule has 2 rings (SSSR count). The molecule has 25 heavy (non-hydrogen) atoms. The van der Waals surface area contributed by atoms with E-state index in [1.54, 1.807) is 32.4 Å². The Morgan fingerprint density at radius 2 is 1.68 bits per heavy atom. The van der Waals surface area contributed by atoms with Crippen molar-refractivity contribution in [3.8, 4) is 17.2 Å². The standard InChI is InChI=1S/C20H25NO4/c1-14(2)12-21-20(22)15-5-10-19(24-4)16(11-15)13-25-18-8-6-17(23-3)7-9-18/h5-11,14H,12-13H2,1-4H3,(H,21,22). The molecule has 134 valence electrons. The highest BCUT2D eigenvalue weighted by molar-refractivity contribution is 5.94. The van der Waals surface area contributed by atoms with E-state index in [9.17, 15) is 4.79 Å². The Labute approximate surface area is 148 Å². The summed E-state index contributed by atoms with van der Waals surface area (Å²) in [6.45, 7) is 5.06. The molecule has 0 fully saturated rings. The number of rotatable bonds is 8. The first-order chi connectivity index (χ1) is 12.0. The summed E-state index contributed by atoms with van der Waals surface area (Å²) in [6, 6.07) is 12.7. The van der Waals surface area contributed by atoms with Crippen molar-refractivity contribution in [1.82, 2.24) is 5.32 Å². The first-order valence-electron chi connectivity index (χ1n) is 8.25. The van der Waals surface area contributed by atoms with E-state index >= 15 is 0 Å². The fraction of sp³-hybridized carbons (Fsp3) is 0.350. The molecule has 1 amide bonds. The molecule has 5 heteroatoms. The van der Waals surface area contributed by atoms with Gasteiger partial charge in [0.2, 0.25) is 0 Å². The van der Waals surface area contributed by atoms with Crippen molar-refractivity contribution < 1.29 is 19.0 Å². The van der Waals surface area contributed by atoms with E-state index in [2.05, 4.69) is 19.2 Å². The molecule has 2 aromatic carbocycles. The molecule has 0 heterocycles. The van der Waals surface area contributed by atoms with Crippen LogP contribution in [0.2, 0.25) is 0 Å². The van der Waals surface area contributed by atoms with Crippen LogP contribution in [-0.2, 0) is 6.61 Å². The molecule has 0 radical (unpaired) electrons. The Morgan fingerprint density at radius 3 is 2.28 bits per heavy atom. The maximum atomic E-state index is 12.2. The van der Waals surface area contributed by atoms with Gasteiger partial charge in [0, 0.05) is 17.7 Å². The average molecular weight is 343 g/mol. The first kappa shape index (κ1) is 18.6. The minimum absolute atomic E-state index is 0.0953. The topological polar surface area (TPSA) is 56.8 Å². The molecule has 1 N–H and O–H groups in total. The molecule has 5 nitrogen and oxygen atoms in total. The number of amides is 1. The zero-order valence-electron chi connectivity index (χ0n) is 15.2. The number of methoxy groups -OCH3 is 2. The summed E-state index contributed by atoms with van der Waals surface area (Å²) in [4.78, 5) is 12.2. The lowest BCUT2D eigenvalue weighted by molar-refractivity contribution is 0.0949. The smallest absolute Gasteiger partial charge is 0.251 e. The van der Waals surface area contributed by atoms with Crippen molar-refractivity contribution in [2.45, 2.75) is 20.5 Å². The van der Waals surface area contributed by atoms with Crippen LogP contribution in [0.1, 0.15) is 29.8 Å². The van der Waals surface area contributed by atoms with Gasteiger partial charge in [0.25, 0.3) is 5.91 Å². The van der Waals surface area contributed by atoms with Gasteiger partial charge in [-0.3, -0.25) is 4.79 Å². The maximum Gasteiger partial charge on any atom is 0.251 e. The SMILES string of the molecule is COc1ccc(OCc2cc(C(=O)NCC(C)C)ccc2OC)cc1. The number of ether oxygens (including phenoxy) is 3. The van der Waals surface area contributed by atoms with Crippen LogP contribution in [0.15, 0.2) is 42.5 Å². The van der Waals surface area contributed by atoms with Crippen molar-refractivity contribution in [2.24, 2.45) is 5.92 Å². The Morgan fingerprint density at radius 1 is 1.00 bits per heavy atom.